The van der Waals surface area contributed by atoms with Crippen molar-refractivity contribution in [3.8, 4) is 0 Å². The Balaban J connectivity index is 1.97. The summed E-state index contributed by atoms with van der Waals surface area (Å²) in [5, 5.41) is 3.24. The van der Waals surface area contributed by atoms with Crippen LogP contribution < -0.4 is 11.1 Å². The molecule has 2 rings (SSSR count). The van der Waals surface area contributed by atoms with E-state index in [1.54, 1.807) is 0 Å². The highest BCUT2D eigenvalue weighted by Gasteiger charge is 2.43. The van der Waals surface area contributed by atoms with Gasteiger partial charge in [-0.3, -0.25) is 4.79 Å². The van der Waals surface area contributed by atoms with Crippen molar-refractivity contribution in [3.05, 3.63) is 35.9 Å². The van der Waals surface area contributed by atoms with Gasteiger partial charge in [-0.15, -0.1) is 0 Å². The number of benzene rings is 1. The Bertz CT molecular complexity index is 452. The third kappa shape index (κ3) is 3.65. The van der Waals surface area contributed by atoms with E-state index in [9.17, 15) is 4.79 Å². The van der Waals surface area contributed by atoms with Crippen molar-refractivity contribution in [1.29, 1.82) is 0 Å². The molecule has 0 saturated heterocycles. The number of nitrogens with one attached hydrogen (secondary N) is 1. The molecule has 3 nitrogen and oxygen atoms in total. The Hall–Kier alpha value is -1.35. The van der Waals surface area contributed by atoms with Crippen LogP contribution in [0.5, 0.6) is 0 Å². The number of rotatable bonds is 8. The van der Waals surface area contributed by atoms with E-state index in [-0.39, 0.29) is 11.3 Å². The highest BCUT2D eigenvalue weighted by atomic mass is 16.2. The highest BCUT2D eigenvalue weighted by molar-refractivity contribution is 5.83. The van der Waals surface area contributed by atoms with Gasteiger partial charge in [0.05, 0.1) is 5.41 Å². The van der Waals surface area contributed by atoms with E-state index in [0.717, 1.165) is 32.1 Å². The van der Waals surface area contributed by atoms with Gasteiger partial charge in [0, 0.05) is 18.5 Å². The van der Waals surface area contributed by atoms with Gasteiger partial charge in [0.1, 0.15) is 0 Å². The van der Waals surface area contributed by atoms with Crippen LogP contribution in [0.3, 0.4) is 0 Å². The molecule has 0 heterocycles. The third-order valence-corrected chi connectivity index (χ3v) is 4.66. The summed E-state index contributed by atoms with van der Waals surface area (Å²) in [5.41, 5.74) is 6.92. The monoisotopic (exact) mass is 288 g/mol. The number of hydrogen-bond donors (Lipinski definition) is 2. The molecule has 1 aromatic rings. The Kier molecular flexibility index (Phi) is 5.40. The molecule has 1 amide bonds. The average molecular weight is 288 g/mol. The van der Waals surface area contributed by atoms with Gasteiger partial charge < -0.3 is 11.1 Å². The lowest BCUT2D eigenvalue weighted by atomic mass is 9.78. The standard InChI is InChI=1S/C18H28N2O/c1-3-10-18(13-19,11-4-2)17(21)20-16-12-15(16)14-8-6-5-7-9-14/h5-9,15-16H,3-4,10-13,19H2,1-2H3,(H,20,21). The smallest absolute Gasteiger partial charge is 0.227 e. The number of carbonyl (C=O) groups is 1. The zero-order valence-corrected chi connectivity index (χ0v) is 13.3. The zero-order chi connectivity index (χ0) is 15.3. The van der Waals surface area contributed by atoms with E-state index < -0.39 is 0 Å². The lowest BCUT2D eigenvalue weighted by Gasteiger charge is -2.30. The summed E-state index contributed by atoms with van der Waals surface area (Å²) < 4.78 is 0. The summed E-state index contributed by atoms with van der Waals surface area (Å²) >= 11 is 0. The molecule has 116 valence electrons. The van der Waals surface area contributed by atoms with E-state index >= 15 is 0 Å². The van der Waals surface area contributed by atoms with Gasteiger partial charge >= 0.3 is 0 Å². The molecule has 1 aliphatic carbocycles. The predicted molar refractivity (Wildman–Crippen MR) is 87.0 cm³/mol. The third-order valence-electron chi connectivity index (χ3n) is 4.66. The molecule has 21 heavy (non-hydrogen) atoms. The minimum absolute atomic E-state index is 0.164. The molecular formula is C18H28N2O. The molecule has 2 atom stereocenters. The first-order valence-electron chi connectivity index (χ1n) is 8.23. The van der Waals surface area contributed by atoms with Gasteiger partial charge in [-0.05, 0) is 24.8 Å². The van der Waals surface area contributed by atoms with Crippen molar-refractivity contribution in [1.82, 2.24) is 5.32 Å². The second-order valence-electron chi connectivity index (χ2n) is 6.32. The van der Waals surface area contributed by atoms with Crippen LogP contribution in [0.4, 0.5) is 0 Å². The van der Waals surface area contributed by atoms with Crippen LogP contribution in [0.2, 0.25) is 0 Å². The zero-order valence-electron chi connectivity index (χ0n) is 13.3. The maximum absolute atomic E-state index is 12.7. The van der Waals surface area contributed by atoms with Gasteiger partial charge in [-0.2, -0.15) is 0 Å². The van der Waals surface area contributed by atoms with Crippen molar-refractivity contribution < 1.29 is 4.79 Å². The molecule has 0 aromatic heterocycles. The normalized spacial score (nSPS) is 21.1. The molecule has 2 unspecified atom stereocenters. The fraction of sp³-hybridized carbons (Fsp3) is 0.611. The van der Waals surface area contributed by atoms with Crippen LogP contribution in [0, 0.1) is 5.41 Å². The van der Waals surface area contributed by atoms with Gasteiger partial charge in [-0.1, -0.05) is 57.0 Å². The summed E-state index contributed by atoms with van der Waals surface area (Å²) in [5.74, 6) is 0.644. The largest absolute Gasteiger partial charge is 0.352 e. The molecule has 0 bridgehead atoms. The fourth-order valence-electron chi connectivity index (χ4n) is 3.35. The van der Waals surface area contributed by atoms with Gasteiger partial charge in [0.25, 0.3) is 0 Å². The maximum atomic E-state index is 12.7. The molecule has 1 aliphatic rings. The molecule has 1 aromatic carbocycles. The van der Waals surface area contributed by atoms with Crippen LogP contribution >= 0.6 is 0 Å². The predicted octanol–water partition coefficient (Wildman–Crippen LogP) is 3.20. The second kappa shape index (κ2) is 7.08. The molecular weight excluding hydrogens is 260 g/mol. The van der Waals surface area contributed by atoms with Crippen molar-refractivity contribution in [3.63, 3.8) is 0 Å². The van der Waals surface area contributed by atoms with E-state index in [4.69, 9.17) is 5.73 Å². The van der Waals surface area contributed by atoms with Gasteiger partial charge in [-0.25, -0.2) is 0 Å². The van der Waals surface area contributed by atoms with Crippen LogP contribution in [-0.4, -0.2) is 18.5 Å². The van der Waals surface area contributed by atoms with Crippen molar-refractivity contribution in [2.24, 2.45) is 11.1 Å². The van der Waals surface area contributed by atoms with E-state index in [0.29, 0.717) is 18.5 Å². The van der Waals surface area contributed by atoms with Crippen LogP contribution in [0.15, 0.2) is 30.3 Å². The van der Waals surface area contributed by atoms with Gasteiger partial charge in [0.2, 0.25) is 5.91 Å². The second-order valence-corrected chi connectivity index (χ2v) is 6.32. The molecule has 3 heteroatoms. The first-order chi connectivity index (χ1) is 10.2. The molecule has 0 aliphatic heterocycles. The van der Waals surface area contributed by atoms with E-state index in [1.807, 2.05) is 6.07 Å². The number of nitrogens with two attached hydrogens (primary N) is 1. The molecule has 1 saturated carbocycles. The highest BCUT2D eigenvalue weighted by Crippen LogP contribution is 2.41. The minimum Gasteiger partial charge on any atom is -0.352 e. The number of carbonyl (C=O) groups excluding carboxylic acids is 1. The van der Waals surface area contributed by atoms with Crippen LogP contribution in [-0.2, 0) is 4.79 Å². The Morgan fingerprint density at radius 1 is 1.24 bits per heavy atom. The average Bonchev–Trinajstić information content (AvgIpc) is 3.27. The molecule has 3 N–H and O–H groups in total. The fourth-order valence-corrected chi connectivity index (χ4v) is 3.35. The number of hydrogen-bond acceptors (Lipinski definition) is 2. The van der Waals surface area contributed by atoms with Crippen LogP contribution in [0.1, 0.15) is 57.4 Å². The number of amides is 1. The maximum Gasteiger partial charge on any atom is 0.227 e. The first kappa shape index (κ1) is 16.0. The summed E-state index contributed by atoms with van der Waals surface area (Å²) in [6.07, 6.45) is 4.81. The van der Waals surface area contributed by atoms with Gasteiger partial charge in [0.15, 0.2) is 0 Å². The quantitative estimate of drug-likeness (QED) is 0.772. The lowest BCUT2D eigenvalue weighted by Crippen LogP contribution is -2.47. The Morgan fingerprint density at radius 3 is 2.38 bits per heavy atom. The van der Waals surface area contributed by atoms with E-state index in [2.05, 4.69) is 43.4 Å². The molecule has 0 radical (unpaired) electrons. The Labute approximate surface area is 128 Å². The summed E-state index contributed by atoms with van der Waals surface area (Å²) in [7, 11) is 0. The van der Waals surface area contributed by atoms with Crippen molar-refractivity contribution >= 4 is 5.91 Å². The SMILES string of the molecule is CCCC(CN)(CCC)C(=O)NC1CC1c1ccccc1. The summed E-state index contributed by atoms with van der Waals surface area (Å²) in [4.78, 5) is 12.7. The Morgan fingerprint density at radius 2 is 1.86 bits per heavy atom. The van der Waals surface area contributed by atoms with Crippen molar-refractivity contribution in [2.75, 3.05) is 6.54 Å². The summed E-state index contributed by atoms with van der Waals surface area (Å²) in [6, 6.07) is 10.7. The topological polar surface area (TPSA) is 55.1 Å². The summed E-state index contributed by atoms with van der Waals surface area (Å²) in [6.45, 7) is 4.69. The molecule has 0 spiro atoms. The first-order valence-corrected chi connectivity index (χ1v) is 8.23. The van der Waals surface area contributed by atoms with Crippen LogP contribution in [0.25, 0.3) is 0 Å². The lowest BCUT2D eigenvalue weighted by molar-refractivity contribution is -0.131. The van der Waals surface area contributed by atoms with Crippen molar-refractivity contribution in [2.45, 2.75) is 57.9 Å². The molecule has 1 fully saturated rings. The minimum atomic E-state index is -0.368. The van der Waals surface area contributed by atoms with E-state index in [1.165, 1.54) is 5.56 Å².